The van der Waals surface area contributed by atoms with E-state index in [-0.39, 0.29) is 0 Å². The van der Waals surface area contributed by atoms with Gasteiger partial charge in [0.1, 0.15) is 26.2 Å². The van der Waals surface area contributed by atoms with Crippen molar-refractivity contribution in [2.45, 2.75) is 174 Å². The third-order valence-electron chi connectivity index (χ3n) is 11.4. The van der Waals surface area contributed by atoms with Crippen LogP contribution in [0.1, 0.15) is 174 Å². The molecule has 47 heavy (non-hydrogen) atoms. The summed E-state index contributed by atoms with van der Waals surface area (Å²) >= 11 is 0. The van der Waals surface area contributed by atoms with E-state index in [0.717, 1.165) is 0 Å². The third kappa shape index (κ3) is 32.8. The SMILES string of the molecule is CCCCCCCCCCCCCC[N+](C)(C)CC[N+](C)(C)CCCCC[N+](C)(C)CC[N+](C)(C)CCCCCCCCCCCC. The molecule has 0 bridgehead atoms. The van der Waals surface area contributed by atoms with Crippen LogP contribution in [0.4, 0.5) is 0 Å². The summed E-state index contributed by atoms with van der Waals surface area (Å²) in [6.07, 6.45) is 35.8. The Morgan fingerprint density at radius 2 is 0.340 bits per heavy atom. The second-order valence-corrected chi connectivity index (χ2v) is 18.7. The number of likely N-dealkylation sites (N-methyl/N-ethyl adjacent to an activating group) is 4. The maximum Gasteiger partial charge on any atom is 0.128 e. The molecule has 0 aromatic rings. The van der Waals surface area contributed by atoms with Gasteiger partial charge in [-0.25, -0.2) is 0 Å². The quantitative estimate of drug-likeness (QED) is 0.0460. The Morgan fingerprint density at radius 3 is 0.532 bits per heavy atom. The van der Waals surface area contributed by atoms with Crippen molar-refractivity contribution < 1.29 is 17.9 Å². The number of quaternary nitrogens is 4. The first-order valence-electron chi connectivity index (χ1n) is 21.5. The fourth-order valence-electron chi connectivity index (χ4n) is 7.19. The summed E-state index contributed by atoms with van der Waals surface area (Å²) in [5.74, 6) is 0. The normalized spacial score (nSPS) is 13.1. The van der Waals surface area contributed by atoms with Crippen LogP contribution in [-0.4, -0.2) is 127 Å². The van der Waals surface area contributed by atoms with E-state index in [4.69, 9.17) is 0 Å². The summed E-state index contributed by atoms with van der Waals surface area (Å²) in [7, 11) is 19.7. The van der Waals surface area contributed by atoms with Crippen molar-refractivity contribution in [3.63, 3.8) is 0 Å². The first kappa shape index (κ1) is 46.8. The average molecular weight is 669 g/mol. The summed E-state index contributed by atoms with van der Waals surface area (Å²) in [6, 6.07) is 0. The largest absolute Gasteiger partial charge is 0.324 e. The van der Waals surface area contributed by atoms with E-state index >= 15 is 0 Å². The van der Waals surface area contributed by atoms with Gasteiger partial charge in [0, 0.05) is 0 Å². The average Bonchev–Trinajstić information content (AvgIpc) is 3.00. The topological polar surface area (TPSA) is 0 Å². The molecule has 0 atom stereocenters. The number of rotatable bonds is 36. The summed E-state index contributed by atoms with van der Waals surface area (Å²) in [6.45, 7) is 15.2. The van der Waals surface area contributed by atoms with Gasteiger partial charge in [0.2, 0.25) is 0 Å². The highest BCUT2D eigenvalue weighted by molar-refractivity contribution is 4.51. The molecule has 284 valence electrons. The van der Waals surface area contributed by atoms with Gasteiger partial charge in [-0.05, 0) is 44.9 Å². The molecular formula is C43H96N4+4. The molecule has 0 fully saturated rings. The first-order chi connectivity index (χ1) is 22.2. The Morgan fingerprint density at radius 1 is 0.191 bits per heavy atom. The van der Waals surface area contributed by atoms with Gasteiger partial charge in [0.05, 0.1) is 82.6 Å². The molecule has 0 spiro atoms. The van der Waals surface area contributed by atoms with Gasteiger partial charge in [-0.1, -0.05) is 129 Å². The lowest BCUT2D eigenvalue weighted by Crippen LogP contribution is -2.51. The Balaban J connectivity index is 3.91. The van der Waals surface area contributed by atoms with Crippen LogP contribution in [0.3, 0.4) is 0 Å². The zero-order chi connectivity index (χ0) is 35.3. The maximum absolute atomic E-state index is 2.47. The van der Waals surface area contributed by atoms with Gasteiger partial charge in [-0.15, -0.1) is 0 Å². The van der Waals surface area contributed by atoms with Crippen LogP contribution in [0.15, 0.2) is 0 Å². The smallest absolute Gasteiger partial charge is 0.128 e. The molecule has 0 rings (SSSR count). The molecule has 0 heterocycles. The summed E-state index contributed by atoms with van der Waals surface area (Å²) < 4.78 is 4.75. The van der Waals surface area contributed by atoms with Crippen molar-refractivity contribution in [3.05, 3.63) is 0 Å². The van der Waals surface area contributed by atoms with Gasteiger partial charge in [-0.2, -0.15) is 0 Å². The second-order valence-electron chi connectivity index (χ2n) is 18.7. The van der Waals surface area contributed by atoms with Gasteiger partial charge >= 0.3 is 0 Å². The van der Waals surface area contributed by atoms with Crippen molar-refractivity contribution in [2.75, 3.05) is 109 Å². The molecule has 4 heteroatoms. The molecule has 0 aliphatic rings. The number of hydrogen-bond donors (Lipinski definition) is 0. The van der Waals surface area contributed by atoms with Crippen molar-refractivity contribution in [2.24, 2.45) is 0 Å². The fraction of sp³-hybridized carbons (Fsp3) is 1.00. The van der Waals surface area contributed by atoms with E-state index in [2.05, 4.69) is 70.2 Å². The molecular weight excluding hydrogens is 573 g/mol. The second kappa shape index (κ2) is 28.5. The van der Waals surface area contributed by atoms with E-state index in [9.17, 15) is 0 Å². The number of nitrogens with zero attached hydrogens (tertiary/aromatic N) is 4. The van der Waals surface area contributed by atoms with Crippen molar-refractivity contribution >= 4 is 0 Å². The lowest BCUT2D eigenvalue weighted by Gasteiger charge is -2.36. The zero-order valence-corrected chi connectivity index (χ0v) is 35.1. The highest BCUT2D eigenvalue weighted by atomic mass is 15.4. The van der Waals surface area contributed by atoms with Crippen molar-refractivity contribution in [1.82, 2.24) is 0 Å². The van der Waals surface area contributed by atoms with Gasteiger partial charge in [-0.3, -0.25) is 0 Å². The molecule has 0 aliphatic heterocycles. The molecule has 0 N–H and O–H groups in total. The van der Waals surface area contributed by atoms with E-state index in [1.54, 1.807) is 0 Å². The molecule has 0 unspecified atom stereocenters. The predicted octanol–water partition coefficient (Wildman–Crippen LogP) is 11.1. The van der Waals surface area contributed by atoms with E-state index < -0.39 is 0 Å². The van der Waals surface area contributed by atoms with E-state index in [1.165, 1.54) is 231 Å². The van der Waals surface area contributed by atoms with Crippen LogP contribution in [0.25, 0.3) is 0 Å². The Labute approximate surface area is 300 Å². The summed E-state index contributed by atoms with van der Waals surface area (Å²) in [5, 5.41) is 0. The van der Waals surface area contributed by atoms with Crippen LogP contribution >= 0.6 is 0 Å². The minimum atomic E-state index is 1.18. The Hall–Kier alpha value is -0.160. The molecule has 0 saturated carbocycles. The van der Waals surface area contributed by atoms with Gasteiger partial charge < -0.3 is 17.9 Å². The van der Waals surface area contributed by atoms with Crippen molar-refractivity contribution in [1.29, 1.82) is 0 Å². The first-order valence-corrected chi connectivity index (χ1v) is 21.5. The molecule has 0 aromatic heterocycles. The Bertz CT molecular complexity index is 669. The fourth-order valence-corrected chi connectivity index (χ4v) is 7.19. The Kier molecular flexibility index (Phi) is 28.4. The lowest BCUT2D eigenvalue weighted by atomic mass is 10.1. The lowest BCUT2D eigenvalue weighted by molar-refractivity contribution is -0.947. The van der Waals surface area contributed by atoms with Gasteiger partial charge in [0.25, 0.3) is 0 Å². The van der Waals surface area contributed by atoms with E-state index in [0.29, 0.717) is 0 Å². The monoisotopic (exact) mass is 669 g/mol. The van der Waals surface area contributed by atoms with Crippen LogP contribution in [0, 0.1) is 0 Å². The molecule has 0 saturated heterocycles. The van der Waals surface area contributed by atoms with Crippen LogP contribution in [0.5, 0.6) is 0 Å². The zero-order valence-electron chi connectivity index (χ0n) is 35.1. The van der Waals surface area contributed by atoms with Gasteiger partial charge in [0.15, 0.2) is 0 Å². The molecule has 0 amide bonds. The van der Waals surface area contributed by atoms with Crippen LogP contribution in [-0.2, 0) is 0 Å². The molecule has 0 aromatic carbocycles. The highest BCUT2D eigenvalue weighted by Gasteiger charge is 2.24. The number of unbranched alkanes of at least 4 members (excludes halogenated alkanes) is 22. The van der Waals surface area contributed by atoms with Crippen LogP contribution in [0.2, 0.25) is 0 Å². The van der Waals surface area contributed by atoms with Crippen LogP contribution < -0.4 is 0 Å². The summed E-state index contributed by atoms with van der Waals surface area (Å²) in [4.78, 5) is 0. The minimum Gasteiger partial charge on any atom is -0.324 e. The maximum atomic E-state index is 2.47. The third-order valence-corrected chi connectivity index (χ3v) is 11.4. The summed E-state index contributed by atoms with van der Waals surface area (Å²) in [5.41, 5.74) is 0. The van der Waals surface area contributed by atoms with E-state index in [1.807, 2.05) is 0 Å². The molecule has 0 radical (unpaired) electrons. The predicted molar refractivity (Wildman–Crippen MR) is 214 cm³/mol. The number of hydrogen-bond acceptors (Lipinski definition) is 0. The minimum absolute atomic E-state index is 1.18. The highest BCUT2D eigenvalue weighted by Crippen LogP contribution is 2.15. The van der Waals surface area contributed by atoms with Crippen molar-refractivity contribution in [3.8, 4) is 0 Å². The standard InChI is InChI=1S/C43H96N4/c1-11-13-15-17-19-21-23-24-26-28-30-33-37-45(5,6)41-43-47(9,10)39-35-31-34-38-46(7,8)42-40-44(3,4)36-32-29-27-25-22-20-18-16-14-12-2/h11-43H2,1-10H3/q+4. The molecule has 0 aliphatic carbocycles. The molecule has 4 nitrogen and oxygen atoms in total.